The van der Waals surface area contributed by atoms with Crippen LogP contribution in [0.2, 0.25) is 0 Å². The summed E-state index contributed by atoms with van der Waals surface area (Å²) >= 11 is 0. The summed E-state index contributed by atoms with van der Waals surface area (Å²) in [6.45, 7) is 5.68. The maximum Gasteiger partial charge on any atom is 0.276 e. The molecule has 0 amide bonds. The van der Waals surface area contributed by atoms with Crippen LogP contribution < -0.4 is 15.8 Å². The molecule has 1 saturated heterocycles. The molecule has 0 radical (unpaired) electrons. The van der Waals surface area contributed by atoms with Crippen LogP contribution in [0.1, 0.15) is 62.0 Å². The van der Waals surface area contributed by atoms with Crippen LogP contribution in [0.3, 0.4) is 0 Å². The standard InChI is InChI=1S/C28H32F4N6O/c1-16(19-4-3-5-20(22(19)30)25(31)32)33-26-21-14-38(28(15-29)8-9-28)27(39)24(23(21)34-17(2)35-26)37-12-10-36(11-13-37)18-6-7-18/h3-5,14,16,18,25H,6-13,15H2,1-2H3,(H,33,34,35)/t16-/m1/s1. The topological polar surface area (TPSA) is 66.3 Å². The third-order valence-electron chi connectivity index (χ3n) is 8.36. The minimum absolute atomic E-state index is 0.0735. The fraction of sp³-hybridized carbons (Fsp3) is 0.536. The number of benzene rings is 1. The van der Waals surface area contributed by atoms with E-state index < -0.39 is 36.1 Å². The van der Waals surface area contributed by atoms with E-state index in [1.54, 1.807) is 20.0 Å². The summed E-state index contributed by atoms with van der Waals surface area (Å²) in [6, 6.07) is 3.83. The Hall–Kier alpha value is -3.21. The van der Waals surface area contributed by atoms with Crippen molar-refractivity contribution < 1.29 is 17.6 Å². The zero-order chi connectivity index (χ0) is 27.5. The number of rotatable bonds is 8. The van der Waals surface area contributed by atoms with Crippen molar-refractivity contribution in [3.05, 3.63) is 57.5 Å². The molecule has 208 valence electrons. The highest BCUT2D eigenvalue weighted by molar-refractivity contribution is 5.97. The van der Waals surface area contributed by atoms with Gasteiger partial charge in [-0.2, -0.15) is 0 Å². The molecule has 3 heterocycles. The molecule has 1 aliphatic heterocycles. The maximum absolute atomic E-state index is 14.9. The van der Waals surface area contributed by atoms with Crippen molar-refractivity contribution >= 4 is 22.4 Å². The Kier molecular flexibility index (Phi) is 6.52. The first-order valence-electron chi connectivity index (χ1n) is 13.5. The van der Waals surface area contributed by atoms with E-state index in [-0.39, 0.29) is 11.1 Å². The van der Waals surface area contributed by atoms with Crippen LogP contribution in [0.5, 0.6) is 0 Å². The van der Waals surface area contributed by atoms with Crippen molar-refractivity contribution in [3.63, 3.8) is 0 Å². The third-order valence-corrected chi connectivity index (χ3v) is 8.36. The van der Waals surface area contributed by atoms with Gasteiger partial charge in [-0.3, -0.25) is 9.69 Å². The van der Waals surface area contributed by atoms with E-state index in [9.17, 15) is 22.4 Å². The molecule has 1 N–H and O–H groups in total. The Balaban J connectivity index is 1.45. The van der Waals surface area contributed by atoms with Crippen molar-refractivity contribution in [2.75, 3.05) is 43.1 Å². The zero-order valence-electron chi connectivity index (χ0n) is 22.1. The van der Waals surface area contributed by atoms with Gasteiger partial charge in [-0.05, 0) is 39.5 Å². The highest BCUT2D eigenvalue weighted by Crippen LogP contribution is 2.44. The SMILES string of the molecule is Cc1nc(N[C@H](C)c2cccc(C(F)F)c2F)c2cn(C3(CF)CC3)c(=O)c(N3CCN(C4CC4)CC3)c2n1. The predicted molar refractivity (Wildman–Crippen MR) is 142 cm³/mol. The highest BCUT2D eigenvalue weighted by atomic mass is 19.3. The molecule has 6 rings (SSSR count). The minimum atomic E-state index is -2.94. The summed E-state index contributed by atoms with van der Waals surface area (Å²) in [5.41, 5.74) is -0.870. The number of fused-ring (bicyclic) bond motifs is 1. The molecular weight excluding hydrogens is 512 g/mol. The van der Waals surface area contributed by atoms with Crippen LogP contribution in [0.25, 0.3) is 10.9 Å². The molecular formula is C28H32F4N6O. The van der Waals surface area contributed by atoms with E-state index in [1.165, 1.54) is 29.5 Å². The summed E-state index contributed by atoms with van der Waals surface area (Å²) in [4.78, 5) is 27.6. The number of alkyl halides is 3. The number of aryl methyl sites for hydroxylation is 1. The predicted octanol–water partition coefficient (Wildman–Crippen LogP) is 5.09. The number of hydrogen-bond donors (Lipinski definition) is 1. The Morgan fingerprint density at radius 3 is 2.41 bits per heavy atom. The number of hydrogen-bond acceptors (Lipinski definition) is 6. The summed E-state index contributed by atoms with van der Waals surface area (Å²) in [5.74, 6) is -0.225. The normalized spacial score (nSPS) is 20.0. The first kappa shape index (κ1) is 26.0. The molecule has 1 aromatic carbocycles. The minimum Gasteiger partial charge on any atom is -0.363 e. The van der Waals surface area contributed by atoms with Gasteiger partial charge in [0.25, 0.3) is 12.0 Å². The molecule has 2 saturated carbocycles. The van der Waals surface area contributed by atoms with Gasteiger partial charge in [-0.1, -0.05) is 18.2 Å². The number of nitrogens with one attached hydrogen (secondary N) is 1. The lowest BCUT2D eigenvalue weighted by Crippen LogP contribution is -2.49. The fourth-order valence-electron chi connectivity index (χ4n) is 5.72. The van der Waals surface area contributed by atoms with Crippen molar-refractivity contribution in [2.24, 2.45) is 0 Å². The average Bonchev–Trinajstić information content (AvgIpc) is 3.83. The maximum atomic E-state index is 14.9. The van der Waals surface area contributed by atoms with Crippen molar-refractivity contribution in [2.45, 2.75) is 63.6 Å². The van der Waals surface area contributed by atoms with Crippen molar-refractivity contribution in [1.82, 2.24) is 19.4 Å². The molecule has 0 spiro atoms. The number of nitrogens with zero attached hydrogens (tertiary/aromatic N) is 5. The van der Waals surface area contributed by atoms with E-state index in [0.29, 0.717) is 60.2 Å². The van der Waals surface area contributed by atoms with Gasteiger partial charge in [0.1, 0.15) is 35.3 Å². The van der Waals surface area contributed by atoms with E-state index in [2.05, 4.69) is 20.2 Å². The largest absolute Gasteiger partial charge is 0.363 e. The quantitative estimate of drug-likeness (QED) is 0.399. The van der Waals surface area contributed by atoms with E-state index in [4.69, 9.17) is 0 Å². The molecule has 3 fully saturated rings. The number of piperazine rings is 1. The first-order chi connectivity index (χ1) is 18.7. The van der Waals surface area contributed by atoms with Gasteiger partial charge in [0.05, 0.1) is 22.5 Å². The second kappa shape index (κ2) is 9.76. The van der Waals surface area contributed by atoms with Gasteiger partial charge in [0, 0.05) is 44.0 Å². The number of anilines is 2. The van der Waals surface area contributed by atoms with Crippen LogP contribution in [-0.2, 0) is 5.54 Å². The van der Waals surface area contributed by atoms with Gasteiger partial charge < -0.3 is 14.8 Å². The van der Waals surface area contributed by atoms with E-state index in [1.807, 2.05) is 4.90 Å². The summed E-state index contributed by atoms with van der Waals surface area (Å²) in [5, 5.41) is 3.68. The van der Waals surface area contributed by atoms with Gasteiger partial charge in [0.15, 0.2) is 0 Å². The zero-order valence-corrected chi connectivity index (χ0v) is 22.1. The van der Waals surface area contributed by atoms with Crippen LogP contribution >= 0.6 is 0 Å². The lowest BCUT2D eigenvalue weighted by atomic mass is 10.0. The van der Waals surface area contributed by atoms with Crippen molar-refractivity contribution in [3.8, 4) is 0 Å². The summed E-state index contributed by atoms with van der Waals surface area (Å²) in [6.07, 6.45) is 2.20. The molecule has 0 bridgehead atoms. The smallest absolute Gasteiger partial charge is 0.276 e. The molecule has 3 aliphatic rings. The van der Waals surface area contributed by atoms with Crippen LogP contribution in [-0.4, -0.2) is 58.3 Å². The fourth-order valence-corrected chi connectivity index (χ4v) is 5.72. The summed E-state index contributed by atoms with van der Waals surface area (Å²) in [7, 11) is 0. The molecule has 39 heavy (non-hydrogen) atoms. The van der Waals surface area contributed by atoms with Gasteiger partial charge >= 0.3 is 0 Å². The monoisotopic (exact) mass is 544 g/mol. The Bertz CT molecular complexity index is 1460. The molecule has 7 nitrogen and oxygen atoms in total. The number of pyridine rings is 1. The first-order valence-corrected chi connectivity index (χ1v) is 13.5. The Labute approximate surface area is 223 Å². The van der Waals surface area contributed by atoms with Crippen molar-refractivity contribution in [1.29, 1.82) is 0 Å². The van der Waals surface area contributed by atoms with Crippen LogP contribution in [0.4, 0.5) is 29.1 Å². The Morgan fingerprint density at radius 2 is 1.79 bits per heavy atom. The lowest BCUT2D eigenvalue weighted by Gasteiger charge is -2.36. The lowest BCUT2D eigenvalue weighted by molar-refractivity contribution is 0.146. The number of halogens is 4. The molecule has 11 heteroatoms. The van der Waals surface area contributed by atoms with E-state index >= 15 is 0 Å². The summed E-state index contributed by atoms with van der Waals surface area (Å²) < 4.78 is 57.3. The average molecular weight is 545 g/mol. The third kappa shape index (κ3) is 4.64. The second-order valence-electron chi connectivity index (χ2n) is 11.1. The van der Waals surface area contributed by atoms with E-state index in [0.717, 1.165) is 19.2 Å². The van der Waals surface area contributed by atoms with Gasteiger partial charge in [-0.25, -0.2) is 27.5 Å². The molecule has 2 aliphatic carbocycles. The molecule has 3 aromatic rings. The Morgan fingerprint density at radius 1 is 1.10 bits per heavy atom. The second-order valence-corrected chi connectivity index (χ2v) is 11.1. The molecule has 2 aromatic heterocycles. The molecule has 0 unspecified atom stereocenters. The molecule has 1 atom stereocenters. The van der Waals surface area contributed by atoms with Gasteiger partial charge in [0.2, 0.25) is 0 Å². The van der Waals surface area contributed by atoms with Crippen LogP contribution in [0, 0.1) is 12.7 Å². The highest BCUT2D eigenvalue weighted by Gasteiger charge is 2.46. The van der Waals surface area contributed by atoms with Gasteiger partial charge in [-0.15, -0.1) is 0 Å². The number of aromatic nitrogens is 3. The van der Waals surface area contributed by atoms with Crippen LogP contribution in [0.15, 0.2) is 29.2 Å².